The molecular formula is C19H20N6O. The van der Waals surface area contributed by atoms with E-state index in [0.717, 1.165) is 22.8 Å². The van der Waals surface area contributed by atoms with E-state index >= 15 is 0 Å². The second kappa shape index (κ2) is 6.67. The highest BCUT2D eigenvalue weighted by molar-refractivity contribution is 5.92. The summed E-state index contributed by atoms with van der Waals surface area (Å²) < 4.78 is 1.69. The van der Waals surface area contributed by atoms with Crippen LogP contribution in [0.4, 0.5) is 0 Å². The average molecular weight is 348 g/mol. The number of nitrogens with zero attached hydrogens (tertiary/aromatic N) is 6. The zero-order valence-corrected chi connectivity index (χ0v) is 14.8. The highest BCUT2D eigenvalue weighted by Gasteiger charge is 2.35. The third-order valence-electron chi connectivity index (χ3n) is 4.48. The highest BCUT2D eigenvalue weighted by atomic mass is 16.2. The molecule has 1 aromatic carbocycles. The number of aromatic nitrogens is 5. The second-order valence-electron chi connectivity index (χ2n) is 6.70. The van der Waals surface area contributed by atoms with Crippen molar-refractivity contribution in [2.75, 3.05) is 13.1 Å². The fourth-order valence-corrected chi connectivity index (χ4v) is 3.15. The molecule has 3 aromatic rings. The first kappa shape index (κ1) is 16.4. The molecule has 0 atom stereocenters. The van der Waals surface area contributed by atoms with Gasteiger partial charge in [-0.15, -0.1) is 5.10 Å². The van der Waals surface area contributed by atoms with Gasteiger partial charge >= 0.3 is 0 Å². The molecule has 2 aromatic heterocycles. The lowest BCUT2D eigenvalue weighted by atomic mass is 9.98. The van der Waals surface area contributed by atoms with Gasteiger partial charge in [0.05, 0.1) is 18.7 Å². The van der Waals surface area contributed by atoms with Crippen molar-refractivity contribution in [3.8, 4) is 0 Å². The first-order valence-electron chi connectivity index (χ1n) is 8.64. The Morgan fingerprint density at radius 3 is 2.50 bits per heavy atom. The first-order chi connectivity index (χ1) is 12.6. The molecule has 0 aliphatic carbocycles. The number of carbonyl (C=O) groups excluding carboxylic acids is 1. The Bertz CT molecular complexity index is 910. The lowest BCUT2D eigenvalue weighted by Crippen LogP contribution is -2.49. The molecule has 7 nitrogen and oxygen atoms in total. The quantitative estimate of drug-likeness (QED) is 0.720. The second-order valence-corrected chi connectivity index (χ2v) is 6.70. The normalized spacial score (nSPS) is 14.3. The van der Waals surface area contributed by atoms with Crippen molar-refractivity contribution in [3.63, 3.8) is 0 Å². The first-order valence-corrected chi connectivity index (χ1v) is 8.64. The van der Waals surface area contributed by atoms with Crippen LogP contribution in [-0.4, -0.2) is 48.9 Å². The van der Waals surface area contributed by atoms with Gasteiger partial charge in [-0.1, -0.05) is 35.5 Å². The van der Waals surface area contributed by atoms with Crippen molar-refractivity contribution in [2.24, 2.45) is 0 Å². The van der Waals surface area contributed by atoms with Crippen molar-refractivity contribution in [1.29, 1.82) is 0 Å². The number of rotatable bonds is 4. The van der Waals surface area contributed by atoms with Gasteiger partial charge in [0.25, 0.3) is 5.91 Å². The van der Waals surface area contributed by atoms with E-state index in [4.69, 9.17) is 0 Å². The molecule has 1 fully saturated rings. The van der Waals surface area contributed by atoms with Crippen LogP contribution in [0.3, 0.4) is 0 Å². The maximum Gasteiger partial charge on any atom is 0.276 e. The fraction of sp³-hybridized carbons (Fsp3) is 0.316. The molecule has 1 amide bonds. The number of hydrogen-bond acceptors (Lipinski definition) is 5. The minimum Gasteiger partial charge on any atom is -0.336 e. The molecular weight excluding hydrogens is 328 g/mol. The molecule has 0 bridgehead atoms. The van der Waals surface area contributed by atoms with Crippen molar-refractivity contribution in [1.82, 2.24) is 29.9 Å². The van der Waals surface area contributed by atoms with Crippen molar-refractivity contribution >= 4 is 5.91 Å². The van der Waals surface area contributed by atoms with E-state index in [0.29, 0.717) is 25.3 Å². The summed E-state index contributed by atoms with van der Waals surface area (Å²) in [6.07, 6.45) is 1.70. The molecule has 1 aliphatic rings. The summed E-state index contributed by atoms with van der Waals surface area (Å²) in [7, 11) is 0. The predicted molar refractivity (Wildman–Crippen MR) is 95.7 cm³/mol. The molecule has 7 heteroatoms. The van der Waals surface area contributed by atoms with Crippen molar-refractivity contribution < 1.29 is 4.79 Å². The molecule has 0 saturated carbocycles. The maximum absolute atomic E-state index is 12.6. The Hall–Kier alpha value is -3.09. The van der Waals surface area contributed by atoms with Gasteiger partial charge in [-0.25, -0.2) is 14.6 Å². The van der Waals surface area contributed by atoms with Crippen LogP contribution in [-0.2, 0) is 6.54 Å². The fourth-order valence-electron chi connectivity index (χ4n) is 3.15. The molecule has 4 rings (SSSR count). The van der Waals surface area contributed by atoms with Gasteiger partial charge in [-0.05, 0) is 25.5 Å². The van der Waals surface area contributed by atoms with Gasteiger partial charge in [0.2, 0.25) is 0 Å². The molecule has 132 valence electrons. The van der Waals surface area contributed by atoms with E-state index in [1.807, 2.05) is 50.2 Å². The standard InChI is InChI=1S/C19H20N6O/c1-13-8-14(2)21-18(20-13)16-10-24(11-16)19(26)17-12-25(23-22-17)9-15-6-4-3-5-7-15/h3-8,12,16H,9-11H2,1-2H3. The van der Waals surface area contributed by atoms with Crippen LogP contribution in [0.5, 0.6) is 0 Å². The summed E-state index contributed by atoms with van der Waals surface area (Å²) in [6.45, 7) is 5.76. The molecule has 26 heavy (non-hydrogen) atoms. The molecule has 3 heterocycles. The number of likely N-dealkylation sites (tertiary alicyclic amines) is 1. The van der Waals surface area contributed by atoms with Crippen LogP contribution in [0.15, 0.2) is 42.6 Å². The Morgan fingerprint density at radius 1 is 1.12 bits per heavy atom. The monoisotopic (exact) mass is 348 g/mol. The summed E-state index contributed by atoms with van der Waals surface area (Å²) in [5, 5.41) is 8.10. The highest BCUT2D eigenvalue weighted by Crippen LogP contribution is 2.26. The van der Waals surface area contributed by atoms with Crippen molar-refractivity contribution in [2.45, 2.75) is 26.3 Å². The minimum atomic E-state index is -0.0927. The van der Waals surface area contributed by atoms with E-state index in [1.165, 1.54) is 0 Å². The van der Waals surface area contributed by atoms with Crippen LogP contribution in [0.25, 0.3) is 0 Å². The zero-order chi connectivity index (χ0) is 18.1. The summed E-state index contributed by atoms with van der Waals surface area (Å²) >= 11 is 0. The van der Waals surface area contributed by atoms with Crippen LogP contribution in [0.1, 0.15) is 39.2 Å². The number of hydrogen-bond donors (Lipinski definition) is 0. The van der Waals surface area contributed by atoms with E-state index in [1.54, 1.807) is 15.8 Å². The Morgan fingerprint density at radius 2 is 1.81 bits per heavy atom. The van der Waals surface area contributed by atoms with Gasteiger partial charge in [0, 0.05) is 24.5 Å². The van der Waals surface area contributed by atoms with Gasteiger partial charge in [0.1, 0.15) is 5.82 Å². The van der Waals surface area contributed by atoms with Gasteiger partial charge < -0.3 is 4.90 Å². The Kier molecular flexibility index (Phi) is 4.20. The van der Waals surface area contributed by atoms with E-state index in [2.05, 4.69) is 20.3 Å². The summed E-state index contributed by atoms with van der Waals surface area (Å²) in [5.74, 6) is 0.918. The summed E-state index contributed by atoms with van der Waals surface area (Å²) in [6, 6.07) is 11.9. The van der Waals surface area contributed by atoms with Crippen LogP contribution in [0, 0.1) is 13.8 Å². The Labute approximate surface area is 151 Å². The minimum absolute atomic E-state index is 0.0927. The molecule has 0 unspecified atom stereocenters. The van der Waals surface area contributed by atoms with Gasteiger partial charge in [-0.3, -0.25) is 4.79 Å². The number of aryl methyl sites for hydroxylation is 2. The predicted octanol–water partition coefficient (Wildman–Crippen LogP) is 1.97. The van der Waals surface area contributed by atoms with Crippen LogP contribution in [0.2, 0.25) is 0 Å². The van der Waals surface area contributed by atoms with E-state index < -0.39 is 0 Å². The summed E-state index contributed by atoms with van der Waals surface area (Å²) in [5.41, 5.74) is 3.41. The molecule has 1 aliphatic heterocycles. The van der Waals surface area contributed by atoms with E-state index in [9.17, 15) is 4.79 Å². The SMILES string of the molecule is Cc1cc(C)nc(C2CN(C(=O)c3cn(Cc4ccccc4)nn3)C2)n1. The summed E-state index contributed by atoms with van der Waals surface area (Å²) in [4.78, 5) is 23.3. The van der Waals surface area contributed by atoms with Crippen molar-refractivity contribution in [3.05, 3.63) is 71.1 Å². The number of amides is 1. The largest absolute Gasteiger partial charge is 0.336 e. The average Bonchev–Trinajstić information content (AvgIpc) is 3.02. The van der Waals surface area contributed by atoms with E-state index in [-0.39, 0.29) is 11.8 Å². The molecule has 0 N–H and O–H groups in total. The third kappa shape index (κ3) is 3.33. The third-order valence-corrected chi connectivity index (χ3v) is 4.48. The number of benzene rings is 1. The molecule has 1 saturated heterocycles. The molecule has 0 radical (unpaired) electrons. The topological polar surface area (TPSA) is 76.8 Å². The lowest BCUT2D eigenvalue weighted by molar-refractivity contribution is 0.0588. The zero-order valence-electron chi connectivity index (χ0n) is 14.8. The lowest BCUT2D eigenvalue weighted by Gasteiger charge is -2.37. The smallest absolute Gasteiger partial charge is 0.276 e. The number of carbonyl (C=O) groups is 1. The maximum atomic E-state index is 12.6. The molecule has 0 spiro atoms. The Balaban J connectivity index is 1.39. The van der Waals surface area contributed by atoms with Gasteiger partial charge in [0.15, 0.2) is 5.69 Å². The van der Waals surface area contributed by atoms with Crippen LogP contribution < -0.4 is 0 Å². The van der Waals surface area contributed by atoms with Crippen LogP contribution >= 0.6 is 0 Å². The van der Waals surface area contributed by atoms with Gasteiger partial charge in [-0.2, -0.15) is 0 Å².